The molecule has 2 amide bonds. The molecular formula is C16H26N4O3. The molecule has 2 heterocycles. The summed E-state index contributed by atoms with van der Waals surface area (Å²) in [7, 11) is 0. The Labute approximate surface area is 137 Å². The number of pyridine rings is 1. The van der Waals surface area contributed by atoms with Gasteiger partial charge in [-0.25, -0.2) is 9.78 Å². The van der Waals surface area contributed by atoms with Gasteiger partial charge in [-0.3, -0.25) is 0 Å². The van der Waals surface area contributed by atoms with Crippen LogP contribution in [0.15, 0.2) is 18.3 Å². The average Bonchev–Trinajstić information content (AvgIpc) is 2.58. The number of carbonyl (C=O) groups excluding carboxylic acids is 1. The first-order valence-electron chi connectivity index (χ1n) is 8.09. The van der Waals surface area contributed by atoms with Crippen molar-refractivity contribution < 1.29 is 14.6 Å². The minimum absolute atomic E-state index is 0.0574. The second-order valence-corrected chi connectivity index (χ2v) is 5.77. The number of hydrogen-bond acceptors (Lipinski definition) is 5. The zero-order chi connectivity index (χ0) is 16.7. The van der Waals surface area contributed by atoms with Gasteiger partial charge in [0.2, 0.25) is 0 Å². The van der Waals surface area contributed by atoms with Crippen molar-refractivity contribution in [3.63, 3.8) is 0 Å². The van der Waals surface area contributed by atoms with Crippen LogP contribution in [0.4, 0.5) is 10.6 Å². The molecule has 0 bridgehead atoms. The average molecular weight is 322 g/mol. The highest BCUT2D eigenvalue weighted by Gasteiger charge is 2.17. The molecule has 2 atom stereocenters. The highest BCUT2D eigenvalue weighted by molar-refractivity contribution is 5.74. The molecule has 1 aliphatic heterocycles. The molecule has 0 radical (unpaired) electrons. The van der Waals surface area contributed by atoms with Crippen LogP contribution >= 0.6 is 0 Å². The molecule has 0 unspecified atom stereocenters. The number of urea groups is 1. The van der Waals surface area contributed by atoms with Gasteiger partial charge in [0.15, 0.2) is 0 Å². The zero-order valence-electron chi connectivity index (χ0n) is 13.8. The molecule has 2 rings (SSSR count). The molecule has 0 spiro atoms. The lowest BCUT2D eigenvalue weighted by Crippen LogP contribution is -2.43. The fraction of sp³-hybridized carbons (Fsp3) is 0.625. The Morgan fingerprint density at radius 3 is 3.00 bits per heavy atom. The summed E-state index contributed by atoms with van der Waals surface area (Å²) in [6.07, 6.45) is 2.69. The molecule has 7 nitrogen and oxygen atoms in total. The van der Waals surface area contributed by atoms with E-state index in [1.807, 2.05) is 19.1 Å². The number of rotatable bonds is 6. The monoisotopic (exact) mass is 322 g/mol. The second-order valence-electron chi connectivity index (χ2n) is 5.77. The topological polar surface area (TPSA) is 86.7 Å². The van der Waals surface area contributed by atoms with Crippen LogP contribution in [-0.4, -0.2) is 54.6 Å². The fourth-order valence-electron chi connectivity index (χ4n) is 2.43. The summed E-state index contributed by atoms with van der Waals surface area (Å²) in [6, 6.07) is 3.44. The van der Waals surface area contributed by atoms with Crippen molar-refractivity contribution >= 4 is 11.8 Å². The van der Waals surface area contributed by atoms with E-state index in [1.165, 1.54) is 0 Å². The van der Waals surface area contributed by atoms with Crippen molar-refractivity contribution in [2.75, 3.05) is 31.2 Å². The standard InChI is InChI=1S/C16H26N4O3/c1-3-14(11-21)19-16(22)18-9-13-4-5-15(17-8-13)20-6-7-23-12(2)10-20/h4-5,8,12,14,21H,3,6-7,9-11H2,1-2H3,(H2,18,19,22)/t12-,14+/m0/s1. The van der Waals surface area contributed by atoms with E-state index in [0.717, 1.165) is 31.1 Å². The minimum atomic E-state index is -0.281. The summed E-state index contributed by atoms with van der Waals surface area (Å²) < 4.78 is 5.53. The van der Waals surface area contributed by atoms with Gasteiger partial charge in [-0.05, 0) is 25.0 Å². The van der Waals surface area contributed by atoms with Crippen molar-refractivity contribution in [3.8, 4) is 0 Å². The number of nitrogens with one attached hydrogen (secondary N) is 2. The van der Waals surface area contributed by atoms with Gasteiger partial charge in [-0.15, -0.1) is 0 Å². The number of aliphatic hydroxyl groups is 1. The normalized spacial score (nSPS) is 19.3. The highest BCUT2D eigenvalue weighted by Crippen LogP contribution is 2.15. The number of ether oxygens (including phenoxy) is 1. The van der Waals surface area contributed by atoms with E-state index in [1.54, 1.807) is 6.20 Å². The fourth-order valence-corrected chi connectivity index (χ4v) is 2.43. The van der Waals surface area contributed by atoms with Gasteiger partial charge >= 0.3 is 6.03 Å². The summed E-state index contributed by atoms with van der Waals surface area (Å²) in [4.78, 5) is 18.4. The third kappa shape index (κ3) is 5.37. The van der Waals surface area contributed by atoms with E-state index in [0.29, 0.717) is 13.0 Å². The quantitative estimate of drug-likeness (QED) is 0.724. The Hall–Kier alpha value is -1.86. The van der Waals surface area contributed by atoms with Crippen molar-refractivity contribution in [3.05, 3.63) is 23.9 Å². The van der Waals surface area contributed by atoms with Crippen LogP contribution in [0.3, 0.4) is 0 Å². The molecule has 0 aliphatic carbocycles. The predicted octanol–water partition coefficient (Wildman–Crippen LogP) is 0.877. The van der Waals surface area contributed by atoms with Crippen molar-refractivity contribution in [1.29, 1.82) is 0 Å². The summed E-state index contributed by atoms with van der Waals surface area (Å²) >= 11 is 0. The van der Waals surface area contributed by atoms with E-state index in [4.69, 9.17) is 9.84 Å². The molecule has 1 saturated heterocycles. The maximum absolute atomic E-state index is 11.7. The van der Waals surface area contributed by atoms with E-state index in [-0.39, 0.29) is 24.8 Å². The third-order valence-electron chi connectivity index (χ3n) is 3.88. The van der Waals surface area contributed by atoms with Crippen LogP contribution in [0, 0.1) is 0 Å². The molecule has 7 heteroatoms. The van der Waals surface area contributed by atoms with Crippen LogP contribution in [0.5, 0.6) is 0 Å². The van der Waals surface area contributed by atoms with E-state index in [2.05, 4.69) is 27.4 Å². The first-order chi connectivity index (χ1) is 11.1. The van der Waals surface area contributed by atoms with Crippen LogP contribution in [0.1, 0.15) is 25.8 Å². The first-order valence-corrected chi connectivity index (χ1v) is 8.09. The Morgan fingerprint density at radius 1 is 1.57 bits per heavy atom. The zero-order valence-corrected chi connectivity index (χ0v) is 13.8. The van der Waals surface area contributed by atoms with Gasteiger partial charge in [0.1, 0.15) is 5.82 Å². The van der Waals surface area contributed by atoms with Crippen molar-refractivity contribution in [2.24, 2.45) is 0 Å². The summed E-state index contributed by atoms with van der Waals surface area (Å²) in [5.41, 5.74) is 0.933. The maximum Gasteiger partial charge on any atom is 0.315 e. The van der Waals surface area contributed by atoms with Gasteiger partial charge in [-0.2, -0.15) is 0 Å². The Morgan fingerprint density at radius 2 is 2.39 bits per heavy atom. The molecule has 3 N–H and O–H groups in total. The van der Waals surface area contributed by atoms with Crippen molar-refractivity contribution in [2.45, 2.75) is 39.0 Å². The minimum Gasteiger partial charge on any atom is -0.394 e. The SMILES string of the molecule is CC[C@H](CO)NC(=O)NCc1ccc(N2CCO[C@@H](C)C2)nc1. The molecule has 1 aromatic heterocycles. The molecule has 0 aromatic carbocycles. The third-order valence-corrected chi connectivity index (χ3v) is 3.88. The van der Waals surface area contributed by atoms with Crippen LogP contribution in [-0.2, 0) is 11.3 Å². The van der Waals surface area contributed by atoms with E-state index < -0.39 is 0 Å². The van der Waals surface area contributed by atoms with Gasteiger partial charge in [0.05, 0.1) is 25.4 Å². The molecule has 23 heavy (non-hydrogen) atoms. The van der Waals surface area contributed by atoms with Gasteiger partial charge < -0.3 is 25.4 Å². The van der Waals surface area contributed by atoms with Crippen LogP contribution in [0.25, 0.3) is 0 Å². The van der Waals surface area contributed by atoms with E-state index in [9.17, 15) is 4.79 Å². The highest BCUT2D eigenvalue weighted by atomic mass is 16.5. The number of amides is 2. The number of carbonyl (C=O) groups is 1. The lowest BCUT2D eigenvalue weighted by atomic mass is 10.2. The Bertz CT molecular complexity index is 491. The largest absolute Gasteiger partial charge is 0.394 e. The molecular weight excluding hydrogens is 296 g/mol. The molecule has 1 aromatic rings. The van der Waals surface area contributed by atoms with Crippen LogP contribution in [0.2, 0.25) is 0 Å². The maximum atomic E-state index is 11.7. The number of anilines is 1. The molecule has 1 fully saturated rings. The molecule has 1 aliphatic rings. The number of aromatic nitrogens is 1. The first kappa shape index (κ1) is 17.5. The van der Waals surface area contributed by atoms with E-state index >= 15 is 0 Å². The van der Waals surface area contributed by atoms with Gasteiger partial charge in [-0.1, -0.05) is 13.0 Å². The predicted molar refractivity (Wildman–Crippen MR) is 88.4 cm³/mol. The Kier molecular flexibility index (Phi) is 6.61. The lowest BCUT2D eigenvalue weighted by Gasteiger charge is -2.32. The number of aliphatic hydroxyl groups excluding tert-OH is 1. The smallest absolute Gasteiger partial charge is 0.315 e. The molecule has 128 valence electrons. The number of morpholine rings is 1. The van der Waals surface area contributed by atoms with Crippen LogP contribution < -0.4 is 15.5 Å². The lowest BCUT2D eigenvalue weighted by molar-refractivity contribution is 0.0529. The van der Waals surface area contributed by atoms with Crippen molar-refractivity contribution in [1.82, 2.24) is 15.6 Å². The summed E-state index contributed by atoms with van der Waals surface area (Å²) in [5, 5.41) is 14.5. The number of nitrogens with zero attached hydrogens (tertiary/aromatic N) is 2. The number of hydrogen-bond donors (Lipinski definition) is 3. The van der Waals surface area contributed by atoms with Gasteiger partial charge in [0.25, 0.3) is 0 Å². The molecule has 0 saturated carbocycles. The Balaban J connectivity index is 1.82. The summed E-state index contributed by atoms with van der Waals surface area (Å²) in [5.74, 6) is 0.930. The second kappa shape index (κ2) is 8.69. The summed E-state index contributed by atoms with van der Waals surface area (Å²) in [6.45, 7) is 6.72. The van der Waals surface area contributed by atoms with Gasteiger partial charge in [0, 0.05) is 25.8 Å².